The van der Waals surface area contributed by atoms with Crippen molar-refractivity contribution in [2.24, 2.45) is 0 Å². The van der Waals surface area contributed by atoms with Crippen LogP contribution in [-0.2, 0) is 0 Å². The van der Waals surface area contributed by atoms with E-state index in [4.69, 9.17) is 0 Å². The molecule has 1 saturated heterocycles. The average Bonchev–Trinajstić information content (AvgIpc) is 2.38. The predicted molar refractivity (Wildman–Crippen MR) is 80.8 cm³/mol. The van der Waals surface area contributed by atoms with Gasteiger partial charge in [0.2, 0.25) is 0 Å². The molecule has 0 spiro atoms. The van der Waals surface area contributed by atoms with E-state index < -0.39 is 0 Å². The van der Waals surface area contributed by atoms with Gasteiger partial charge in [0, 0.05) is 24.3 Å². The summed E-state index contributed by atoms with van der Waals surface area (Å²) in [4.78, 5) is 2.32. The predicted octanol–water partition coefficient (Wildman–Crippen LogP) is 2.36. The number of benzene rings is 1. The Hall–Kier alpha value is -1.06. The van der Waals surface area contributed by atoms with Gasteiger partial charge in [-0.1, -0.05) is 26.0 Å². The number of nitrogens with zero attached hydrogens (tertiary/aromatic N) is 1. The Morgan fingerprint density at radius 1 is 1.32 bits per heavy atom. The van der Waals surface area contributed by atoms with Crippen molar-refractivity contribution in [2.45, 2.75) is 45.2 Å². The lowest BCUT2D eigenvalue weighted by molar-refractivity contribution is 0.215. The lowest BCUT2D eigenvalue weighted by atomic mass is 9.97. The Morgan fingerprint density at radius 2 is 1.95 bits per heavy atom. The molecule has 0 bridgehead atoms. The van der Waals surface area contributed by atoms with Gasteiger partial charge in [0.1, 0.15) is 0 Å². The van der Waals surface area contributed by atoms with Gasteiger partial charge in [-0.25, -0.2) is 0 Å². The molecular weight excluding hydrogens is 236 g/mol. The number of anilines is 1. The molecular formula is C16H26N2O. The quantitative estimate of drug-likeness (QED) is 0.878. The summed E-state index contributed by atoms with van der Waals surface area (Å²) in [5.74, 6) is 0.558. The molecule has 3 nitrogen and oxygen atoms in total. The molecule has 19 heavy (non-hydrogen) atoms. The standard InChI is InChI=1S/C16H26N2O/c1-12(2)13-5-7-14(8-6-13)18-11-16(3,4)17-9-15(18)10-19/h5-8,12,15,17,19H,9-11H2,1-4H3. The first-order valence-electron chi connectivity index (χ1n) is 7.15. The van der Waals surface area contributed by atoms with Crippen LogP contribution in [0, 0.1) is 0 Å². The fraction of sp³-hybridized carbons (Fsp3) is 0.625. The second-order valence-electron chi connectivity index (χ2n) is 6.48. The first-order valence-corrected chi connectivity index (χ1v) is 7.15. The summed E-state index contributed by atoms with van der Waals surface area (Å²) >= 11 is 0. The van der Waals surface area contributed by atoms with Crippen molar-refractivity contribution in [1.29, 1.82) is 0 Å². The van der Waals surface area contributed by atoms with Gasteiger partial charge in [-0.3, -0.25) is 0 Å². The van der Waals surface area contributed by atoms with Crippen LogP contribution in [0.15, 0.2) is 24.3 Å². The van der Waals surface area contributed by atoms with Gasteiger partial charge in [-0.15, -0.1) is 0 Å². The highest BCUT2D eigenvalue weighted by Gasteiger charge is 2.32. The highest BCUT2D eigenvalue weighted by Crippen LogP contribution is 2.25. The molecule has 1 fully saturated rings. The molecule has 2 N–H and O–H groups in total. The third kappa shape index (κ3) is 3.28. The van der Waals surface area contributed by atoms with Gasteiger partial charge < -0.3 is 15.3 Å². The molecule has 0 amide bonds. The highest BCUT2D eigenvalue weighted by molar-refractivity contribution is 5.50. The Labute approximate surface area is 116 Å². The number of hydrogen-bond acceptors (Lipinski definition) is 3. The van der Waals surface area contributed by atoms with E-state index in [1.165, 1.54) is 11.3 Å². The number of piperazine rings is 1. The van der Waals surface area contributed by atoms with Gasteiger partial charge in [-0.2, -0.15) is 0 Å². The summed E-state index contributed by atoms with van der Waals surface area (Å²) in [5, 5.41) is 13.0. The molecule has 1 aromatic carbocycles. The van der Waals surface area contributed by atoms with Gasteiger partial charge >= 0.3 is 0 Å². The minimum Gasteiger partial charge on any atom is -0.394 e. The second-order valence-corrected chi connectivity index (χ2v) is 6.48. The lowest BCUT2D eigenvalue weighted by Crippen LogP contribution is -2.62. The van der Waals surface area contributed by atoms with Crippen LogP contribution < -0.4 is 10.2 Å². The summed E-state index contributed by atoms with van der Waals surface area (Å²) in [7, 11) is 0. The lowest BCUT2D eigenvalue weighted by Gasteiger charge is -2.45. The number of rotatable bonds is 3. The molecule has 1 heterocycles. The molecule has 1 unspecified atom stereocenters. The molecule has 0 aliphatic carbocycles. The first-order chi connectivity index (χ1) is 8.93. The van der Waals surface area contributed by atoms with Crippen molar-refractivity contribution in [2.75, 3.05) is 24.6 Å². The minimum absolute atomic E-state index is 0.0857. The van der Waals surface area contributed by atoms with Gasteiger partial charge in [-0.05, 0) is 37.5 Å². The van der Waals surface area contributed by atoms with Crippen LogP contribution in [0.5, 0.6) is 0 Å². The topological polar surface area (TPSA) is 35.5 Å². The van der Waals surface area contributed by atoms with Crippen LogP contribution in [0.4, 0.5) is 5.69 Å². The van der Waals surface area contributed by atoms with Crippen molar-refractivity contribution in [3.8, 4) is 0 Å². The van der Waals surface area contributed by atoms with E-state index in [1.807, 2.05) is 0 Å². The number of nitrogens with one attached hydrogen (secondary N) is 1. The van der Waals surface area contributed by atoms with Crippen molar-refractivity contribution in [1.82, 2.24) is 5.32 Å². The summed E-state index contributed by atoms with van der Waals surface area (Å²) in [6.07, 6.45) is 0. The molecule has 0 saturated carbocycles. The first kappa shape index (κ1) is 14.4. The summed E-state index contributed by atoms with van der Waals surface area (Å²) < 4.78 is 0. The zero-order chi connectivity index (χ0) is 14.0. The number of hydrogen-bond donors (Lipinski definition) is 2. The van der Waals surface area contributed by atoms with E-state index in [0.29, 0.717) is 5.92 Å². The van der Waals surface area contributed by atoms with Crippen LogP contribution in [0.3, 0.4) is 0 Å². The van der Waals surface area contributed by atoms with Crippen LogP contribution >= 0.6 is 0 Å². The second kappa shape index (κ2) is 5.51. The van der Waals surface area contributed by atoms with Crippen molar-refractivity contribution in [3.05, 3.63) is 29.8 Å². The Kier molecular flexibility index (Phi) is 4.16. The molecule has 1 aromatic rings. The molecule has 1 atom stereocenters. The van der Waals surface area contributed by atoms with Crippen molar-refractivity contribution >= 4 is 5.69 Å². The van der Waals surface area contributed by atoms with E-state index in [-0.39, 0.29) is 18.2 Å². The van der Waals surface area contributed by atoms with Crippen molar-refractivity contribution < 1.29 is 5.11 Å². The maximum atomic E-state index is 9.55. The molecule has 2 rings (SSSR count). The molecule has 3 heteroatoms. The molecule has 1 aliphatic heterocycles. The smallest absolute Gasteiger partial charge is 0.0647 e. The zero-order valence-electron chi connectivity index (χ0n) is 12.5. The number of aliphatic hydroxyl groups is 1. The fourth-order valence-corrected chi connectivity index (χ4v) is 2.63. The van der Waals surface area contributed by atoms with Crippen molar-refractivity contribution in [3.63, 3.8) is 0 Å². The Morgan fingerprint density at radius 3 is 2.47 bits per heavy atom. The summed E-state index contributed by atoms with van der Waals surface area (Å²) in [5.41, 5.74) is 2.65. The maximum Gasteiger partial charge on any atom is 0.0647 e. The van der Waals surface area contributed by atoms with Crippen LogP contribution in [0.1, 0.15) is 39.2 Å². The Bertz CT molecular complexity index is 411. The van der Waals surface area contributed by atoms with E-state index in [9.17, 15) is 5.11 Å². The van der Waals surface area contributed by atoms with Gasteiger partial charge in [0.05, 0.1) is 12.6 Å². The molecule has 106 valence electrons. The van der Waals surface area contributed by atoms with E-state index >= 15 is 0 Å². The van der Waals surface area contributed by atoms with Crippen LogP contribution in [-0.4, -0.2) is 36.4 Å². The van der Waals surface area contributed by atoms with Gasteiger partial charge in [0.15, 0.2) is 0 Å². The molecule has 0 aromatic heterocycles. The summed E-state index contributed by atoms with van der Waals surface area (Å²) in [6.45, 7) is 10.8. The summed E-state index contributed by atoms with van der Waals surface area (Å²) in [6, 6.07) is 8.92. The zero-order valence-corrected chi connectivity index (χ0v) is 12.5. The third-order valence-corrected chi connectivity index (χ3v) is 3.92. The molecule has 1 aliphatic rings. The van der Waals surface area contributed by atoms with Crippen LogP contribution in [0.25, 0.3) is 0 Å². The van der Waals surface area contributed by atoms with E-state index in [1.54, 1.807) is 0 Å². The highest BCUT2D eigenvalue weighted by atomic mass is 16.3. The average molecular weight is 262 g/mol. The normalized spacial score (nSPS) is 22.8. The number of aliphatic hydroxyl groups excluding tert-OH is 1. The van der Waals surface area contributed by atoms with Gasteiger partial charge in [0.25, 0.3) is 0 Å². The minimum atomic E-state index is 0.0857. The van der Waals surface area contributed by atoms with E-state index in [0.717, 1.165) is 13.1 Å². The Balaban J connectivity index is 2.21. The fourth-order valence-electron chi connectivity index (χ4n) is 2.63. The monoisotopic (exact) mass is 262 g/mol. The molecule has 0 radical (unpaired) electrons. The SMILES string of the molecule is CC(C)c1ccc(N2CC(C)(C)NCC2CO)cc1. The third-order valence-electron chi connectivity index (χ3n) is 3.92. The largest absolute Gasteiger partial charge is 0.394 e. The van der Waals surface area contributed by atoms with Crippen LogP contribution in [0.2, 0.25) is 0 Å². The maximum absolute atomic E-state index is 9.55. The van der Waals surface area contributed by atoms with E-state index in [2.05, 4.69) is 62.2 Å².